The predicted molar refractivity (Wildman–Crippen MR) is 35.6 cm³/mol. The molecule has 1 unspecified atom stereocenters. The molecule has 1 rings (SSSR count). The van der Waals surface area contributed by atoms with Crippen molar-refractivity contribution in [2.24, 2.45) is 11.7 Å². The van der Waals surface area contributed by atoms with Crippen LogP contribution in [0, 0.1) is 5.92 Å². The standard InChI is InChI=1S/C7H15N/c1-2-6-3-4-7(8)5-6/h6-7H,2-5,8H2,1H3/t6-,7?/m0/s1. The summed E-state index contributed by atoms with van der Waals surface area (Å²) in [4.78, 5) is 0. The Labute approximate surface area is 51.3 Å². The zero-order valence-electron chi connectivity index (χ0n) is 5.56. The minimum Gasteiger partial charge on any atom is -0.328 e. The zero-order valence-corrected chi connectivity index (χ0v) is 5.56. The van der Waals surface area contributed by atoms with Gasteiger partial charge in [-0.25, -0.2) is 0 Å². The van der Waals surface area contributed by atoms with Gasteiger partial charge in [-0.05, 0) is 25.2 Å². The van der Waals surface area contributed by atoms with E-state index < -0.39 is 0 Å². The lowest BCUT2D eigenvalue weighted by molar-refractivity contribution is 0.520. The first-order valence-corrected chi connectivity index (χ1v) is 3.58. The largest absolute Gasteiger partial charge is 0.328 e. The van der Waals surface area contributed by atoms with Crippen molar-refractivity contribution in [3.63, 3.8) is 0 Å². The Morgan fingerprint density at radius 1 is 1.50 bits per heavy atom. The highest BCUT2D eigenvalue weighted by atomic mass is 14.6. The molecule has 48 valence electrons. The molecule has 0 bridgehead atoms. The van der Waals surface area contributed by atoms with Gasteiger partial charge in [0.2, 0.25) is 0 Å². The van der Waals surface area contributed by atoms with Crippen LogP contribution in [-0.2, 0) is 0 Å². The second-order valence-corrected chi connectivity index (χ2v) is 2.85. The van der Waals surface area contributed by atoms with E-state index in [1.165, 1.54) is 25.7 Å². The van der Waals surface area contributed by atoms with Crippen molar-refractivity contribution < 1.29 is 0 Å². The second kappa shape index (κ2) is 2.49. The van der Waals surface area contributed by atoms with Crippen LogP contribution >= 0.6 is 0 Å². The third kappa shape index (κ3) is 1.22. The van der Waals surface area contributed by atoms with Gasteiger partial charge in [0.1, 0.15) is 0 Å². The van der Waals surface area contributed by atoms with Crippen molar-refractivity contribution in [1.82, 2.24) is 0 Å². The van der Waals surface area contributed by atoms with Gasteiger partial charge < -0.3 is 5.73 Å². The van der Waals surface area contributed by atoms with Crippen molar-refractivity contribution >= 4 is 0 Å². The highest BCUT2D eigenvalue weighted by molar-refractivity contribution is 4.76. The molecule has 0 aromatic carbocycles. The fourth-order valence-electron chi connectivity index (χ4n) is 1.48. The average Bonchev–Trinajstić information content (AvgIpc) is 2.14. The van der Waals surface area contributed by atoms with Crippen molar-refractivity contribution in [3.8, 4) is 0 Å². The molecule has 0 amide bonds. The summed E-state index contributed by atoms with van der Waals surface area (Å²) in [6, 6.07) is 0.528. The Hall–Kier alpha value is -0.0400. The summed E-state index contributed by atoms with van der Waals surface area (Å²) in [5, 5.41) is 0. The molecule has 0 aromatic rings. The quantitative estimate of drug-likeness (QED) is 0.548. The lowest BCUT2D eigenvalue weighted by atomic mass is 10.1. The minimum atomic E-state index is 0.528. The van der Waals surface area contributed by atoms with Gasteiger partial charge in [-0.15, -0.1) is 0 Å². The Balaban J connectivity index is 2.22. The van der Waals surface area contributed by atoms with Crippen molar-refractivity contribution in [2.45, 2.75) is 38.6 Å². The molecule has 1 saturated carbocycles. The van der Waals surface area contributed by atoms with Crippen LogP contribution in [-0.4, -0.2) is 6.04 Å². The molecule has 0 aliphatic heterocycles. The molecule has 1 aliphatic rings. The summed E-state index contributed by atoms with van der Waals surface area (Å²) in [6.07, 6.45) is 5.24. The second-order valence-electron chi connectivity index (χ2n) is 2.85. The zero-order chi connectivity index (χ0) is 5.98. The van der Waals surface area contributed by atoms with Gasteiger partial charge in [-0.2, -0.15) is 0 Å². The number of nitrogens with two attached hydrogens (primary N) is 1. The van der Waals surface area contributed by atoms with Gasteiger partial charge in [0.15, 0.2) is 0 Å². The maximum Gasteiger partial charge on any atom is 0.00415 e. The summed E-state index contributed by atoms with van der Waals surface area (Å²) in [5.74, 6) is 0.949. The molecule has 1 heteroatoms. The van der Waals surface area contributed by atoms with Crippen LogP contribution in [0.5, 0.6) is 0 Å². The third-order valence-electron chi connectivity index (χ3n) is 2.16. The van der Waals surface area contributed by atoms with Gasteiger partial charge >= 0.3 is 0 Å². The highest BCUT2D eigenvalue weighted by Gasteiger charge is 2.19. The summed E-state index contributed by atoms with van der Waals surface area (Å²) in [6.45, 7) is 2.25. The van der Waals surface area contributed by atoms with E-state index in [0.29, 0.717) is 6.04 Å². The molecule has 2 N–H and O–H groups in total. The van der Waals surface area contributed by atoms with E-state index in [2.05, 4.69) is 6.92 Å². The summed E-state index contributed by atoms with van der Waals surface area (Å²) < 4.78 is 0. The molecule has 1 nitrogen and oxygen atoms in total. The van der Waals surface area contributed by atoms with E-state index in [9.17, 15) is 0 Å². The third-order valence-corrected chi connectivity index (χ3v) is 2.16. The molecule has 2 atom stereocenters. The smallest absolute Gasteiger partial charge is 0.00415 e. The van der Waals surface area contributed by atoms with Gasteiger partial charge in [0.05, 0.1) is 0 Å². The van der Waals surface area contributed by atoms with E-state index in [0.717, 1.165) is 5.92 Å². The first-order valence-electron chi connectivity index (χ1n) is 3.58. The average molecular weight is 113 g/mol. The minimum absolute atomic E-state index is 0.528. The van der Waals surface area contributed by atoms with E-state index in [-0.39, 0.29) is 0 Å². The van der Waals surface area contributed by atoms with Crippen molar-refractivity contribution in [2.75, 3.05) is 0 Å². The maximum absolute atomic E-state index is 5.70. The monoisotopic (exact) mass is 113 g/mol. The number of hydrogen-bond donors (Lipinski definition) is 1. The molecule has 0 heterocycles. The Kier molecular flexibility index (Phi) is 1.90. The summed E-state index contributed by atoms with van der Waals surface area (Å²) in [7, 11) is 0. The number of rotatable bonds is 1. The molecule has 0 radical (unpaired) electrons. The van der Waals surface area contributed by atoms with Gasteiger partial charge in [0, 0.05) is 6.04 Å². The molecular formula is C7H15N. The molecular weight excluding hydrogens is 98.1 g/mol. The Morgan fingerprint density at radius 3 is 2.50 bits per heavy atom. The van der Waals surface area contributed by atoms with Crippen LogP contribution in [0.1, 0.15) is 32.6 Å². The molecule has 0 spiro atoms. The molecule has 1 aliphatic carbocycles. The molecule has 0 aromatic heterocycles. The Morgan fingerprint density at radius 2 is 2.25 bits per heavy atom. The lowest BCUT2D eigenvalue weighted by Crippen LogP contribution is -2.14. The normalized spacial score (nSPS) is 38.2. The SMILES string of the molecule is CC[C@H]1CCC(N)C1. The Bertz CT molecular complexity index is 70.8. The van der Waals surface area contributed by atoms with Gasteiger partial charge in [-0.3, -0.25) is 0 Å². The summed E-state index contributed by atoms with van der Waals surface area (Å²) in [5.41, 5.74) is 5.70. The van der Waals surface area contributed by atoms with Crippen molar-refractivity contribution in [3.05, 3.63) is 0 Å². The molecule has 8 heavy (non-hydrogen) atoms. The van der Waals surface area contributed by atoms with E-state index >= 15 is 0 Å². The van der Waals surface area contributed by atoms with Crippen LogP contribution in [0.4, 0.5) is 0 Å². The molecule has 0 saturated heterocycles. The maximum atomic E-state index is 5.70. The van der Waals surface area contributed by atoms with Crippen LogP contribution in [0.3, 0.4) is 0 Å². The number of hydrogen-bond acceptors (Lipinski definition) is 1. The van der Waals surface area contributed by atoms with E-state index in [1.54, 1.807) is 0 Å². The topological polar surface area (TPSA) is 26.0 Å². The lowest BCUT2D eigenvalue weighted by Gasteiger charge is -2.02. The first-order chi connectivity index (χ1) is 3.83. The van der Waals surface area contributed by atoms with Crippen molar-refractivity contribution in [1.29, 1.82) is 0 Å². The van der Waals surface area contributed by atoms with Crippen LogP contribution in [0.2, 0.25) is 0 Å². The fourth-order valence-corrected chi connectivity index (χ4v) is 1.48. The van der Waals surface area contributed by atoms with Crippen LogP contribution < -0.4 is 5.73 Å². The highest BCUT2D eigenvalue weighted by Crippen LogP contribution is 2.25. The summed E-state index contributed by atoms with van der Waals surface area (Å²) >= 11 is 0. The fraction of sp³-hybridized carbons (Fsp3) is 1.00. The van der Waals surface area contributed by atoms with Gasteiger partial charge in [-0.1, -0.05) is 13.3 Å². The molecule has 1 fully saturated rings. The van der Waals surface area contributed by atoms with E-state index in [4.69, 9.17) is 5.73 Å². The van der Waals surface area contributed by atoms with E-state index in [1.807, 2.05) is 0 Å². The first kappa shape index (κ1) is 6.09. The predicted octanol–water partition coefficient (Wildman–Crippen LogP) is 1.52. The van der Waals surface area contributed by atoms with Crippen LogP contribution in [0.15, 0.2) is 0 Å². The van der Waals surface area contributed by atoms with Gasteiger partial charge in [0.25, 0.3) is 0 Å². The van der Waals surface area contributed by atoms with Crippen LogP contribution in [0.25, 0.3) is 0 Å².